The first-order valence-corrected chi connectivity index (χ1v) is 20.2. The minimum atomic E-state index is -4.60. The van der Waals surface area contributed by atoms with E-state index in [0.29, 0.717) is 12.4 Å². The van der Waals surface area contributed by atoms with E-state index in [1.54, 1.807) is 45.0 Å². The number of benzene rings is 6. The molecule has 66 heavy (non-hydrogen) atoms. The van der Waals surface area contributed by atoms with Crippen molar-refractivity contribution in [1.29, 1.82) is 0 Å². The molecule has 0 spiro atoms. The predicted molar refractivity (Wildman–Crippen MR) is 231 cm³/mol. The largest absolute Gasteiger partial charge is 0.586 e. The zero-order valence-corrected chi connectivity index (χ0v) is 37.2. The summed E-state index contributed by atoms with van der Waals surface area (Å²) in [6, 6.07) is 34.1. The van der Waals surface area contributed by atoms with Gasteiger partial charge < -0.3 is 33.2 Å². The molecule has 0 saturated carbocycles. The lowest BCUT2D eigenvalue weighted by atomic mass is 10.1. The van der Waals surface area contributed by atoms with Crippen LogP contribution in [0.25, 0.3) is 0 Å². The molecule has 0 amide bonds. The van der Waals surface area contributed by atoms with Gasteiger partial charge in [-0.15, -0.1) is 22.0 Å². The number of ether oxygens (including phenoxy) is 7. The van der Waals surface area contributed by atoms with E-state index in [1.807, 2.05) is 77.1 Å². The highest BCUT2D eigenvalue weighted by atomic mass is 19.4. The first kappa shape index (κ1) is 51.9. The van der Waals surface area contributed by atoms with Crippen LogP contribution >= 0.6 is 0 Å². The second kappa shape index (κ2) is 23.0. The van der Waals surface area contributed by atoms with Crippen molar-refractivity contribution in [3.05, 3.63) is 172 Å². The van der Waals surface area contributed by atoms with Crippen LogP contribution in [-0.2, 0) is 6.18 Å². The van der Waals surface area contributed by atoms with Crippen LogP contribution in [0.1, 0.15) is 52.8 Å². The molecular weight excluding hydrogens is 884 g/mol. The van der Waals surface area contributed by atoms with Crippen molar-refractivity contribution in [2.45, 2.75) is 86.4 Å². The fourth-order valence-electron chi connectivity index (χ4n) is 5.70. The number of alkyl halides is 8. The van der Waals surface area contributed by atoms with Crippen LogP contribution in [0.5, 0.6) is 40.2 Å². The van der Waals surface area contributed by atoms with Gasteiger partial charge in [0.05, 0.1) is 5.56 Å². The van der Waals surface area contributed by atoms with Gasteiger partial charge in [-0.1, -0.05) is 66.2 Å². The summed E-state index contributed by atoms with van der Waals surface area (Å²) >= 11 is 0. The van der Waals surface area contributed by atoms with E-state index in [0.717, 1.165) is 51.8 Å². The van der Waals surface area contributed by atoms with E-state index < -0.39 is 24.4 Å². The Balaban J connectivity index is 0.000000174. The SMILES string of the molecule is Cc1ccc2c(c1)OC(C)C(C)O2.Cc1ccc2c(c1)OC(F)(F)O2.Cc1ccc2c(c1)OCO2.Cc1cccc(C(F)(F)F)c1.Cc1cccc(F)c1.Cc1cccc(OC(F)(F)F)c1. The molecule has 0 radical (unpaired) electrons. The molecule has 3 aliphatic heterocycles. The molecule has 0 saturated heterocycles. The molecule has 0 bridgehead atoms. The van der Waals surface area contributed by atoms with Crippen molar-refractivity contribution < 1.29 is 72.7 Å². The van der Waals surface area contributed by atoms with Gasteiger partial charge in [0.1, 0.15) is 23.8 Å². The molecule has 6 aromatic rings. The molecule has 2 atom stereocenters. The Kier molecular flexibility index (Phi) is 18.1. The molecule has 2 unspecified atom stereocenters. The second-order valence-corrected chi connectivity index (χ2v) is 15.1. The van der Waals surface area contributed by atoms with Gasteiger partial charge in [-0.3, -0.25) is 0 Å². The number of fused-ring (bicyclic) bond motifs is 3. The fraction of sp³-hybridized carbons (Fsp3) is 0.280. The number of hydrogen-bond acceptors (Lipinski definition) is 7. The van der Waals surface area contributed by atoms with Crippen molar-refractivity contribution in [3.8, 4) is 40.2 Å². The molecule has 354 valence electrons. The van der Waals surface area contributed by atoms with Gasteiger partial charge in [0, 0.05) is 0 Å². The molecule has 3 aliphatic rings. The Morgan fingerprint density at radius 3 is 1.45 bits per heavy atom. The highest BCUT2D eigenvalue weighted by molar-refractivity contribution is 5.46. The highest BCUT2D eigenvalue weighted by Gasteiger charge is 2.43. The lowest BCUT2D eigenvalue weighted by Crippen LogP contribution is -2.34. The van der Waals surface area contributed by atoms with Crippen molar-refractivity contribution in [1.82, 2.24) is 0 Å². The zero-order valence-electron chi connectivity index (χ0n) is 37.2. The summed E-state index contributed by atoms with van der Waals surface area (Å²) < 4.78 is 142. The van der Waals surface area contributed by atoms with E-state index >= 15 is 0 Å². The summed E-state index contributed by atoms with van der Waals surface area (Å²) in [4.78, 5) is 0. The Hall–Kier alpha value is -6.71. The average Bonchev–Trinajstić information content (AvgIpc) is 3.80. The van der Waals surface area contributed by atoms with E-state index in [-0.39, 0.29) is 35.3 Å². The van der Waals surface area contributed by atoms with Crippen molar-refractivity contribution in [2.75, 3.05) is 6.79 Å². The van der Waals surface area contributed by atoms with Crippen LogP contribution in [0.15, 0.2) is 127 Å². The molecule has 6 aromatic carbocycles. The molecule has 0 aromatic heterocycles. The van der Waals surface area contributed by atoms with Crippen molar-refractivity contribution >= 4 is 0 Å². The number of hydrogen-bond donors (Lipinski definition) is 0. The normalized spacial score (nSPS) is 15.5. The topological polar surface area (TPSA) is 64.6 Å². The zero-order chi connectivity index (χ0) is 48.8. The van der Waals surface area contributed by atoms with Crippen molar-refractivity contribution in [2.24, 2.45) is 0 Å². The van der Waals surface area contributed by atoms with Gasteiger partial charge in [0.2, 0.25) is 6.79 Å². The fourth-order valence-corrected chi connectivity index (χ4v) is 5.70. The van der Waals surface area contributed by atoms with Gasteiger partial charge >= 0.3 is 18.8 Å². The van der Waals surface area contributed by atoms with Gasteiger partial charge in [-0.05, 0) is 150 Å². The summed E-state index contributed by atoms with van der Waals surface area (Å²) in [5.41, 5.74) is 4.99. The van der Waals surface area contributed by atoms with Crippen LogP contribution < -0.4 is 33.2 Å². The van der Waals surface area contributed by atoms with Gasteiger partial charge in [-0.25, -0.2) is 4.39 Å². The number of halogens is 9. The number of rotatable bonds is 1. The van der Waals surface area contributed by atoms with Gasteiger partial charge in [-0.2, -0.15) is 13.2 Å². The maximum atomic E-state index is 12.4. The first-order valence-electron chi connectivity index (χ1n) is 20.2. The Labute approximate surface area is 377 Å². The third-order valence-corrected chi connectivity index (χ3v) is 9.02. The Morgan fingerprint density at radius 1 is 0.485 bits per heavy atom. The third-order valence-electron chi connectivity index (χ3n) is 9.02. The summed E-state index contributed by atoms with van der Waals surface area (Å²) in [6.07, 6.45) is -12.1. The minimum Gasteiger partial charge on any atom is -0.483 e. The second-order valence-electron chi connectivity index (χ2n) is 15.1. The van der Waals surface area contributed by atoms with Crippen LogP contribution in [0.3, 0.4) is 0 Å². The molecule has 0 fully saturated rings. The van der Waals surface area contributed by atoms with E-state index in [4.69, 9.17) is 18.9 Å². The number of aryl methyl sites for hydroxylation is 6. The summed E-state index contributed by atoms with van der Waals surface area (Å²) in [5.74, 6) is 3.28. The summed E-state index contributed by atoms with van der Waals surface area (Å²) in [7, 11) is 0. The van der Waals surface area contributed by atoms with Crippen LogP contribution in [0, 0.1) is 47.4 Å². The average molecular weight is 933 g/mol. The molecule has 0 aliphatic carbocycles. The minimum absolute atomic E-state index is 0.0885. The van der Waals surface area contributed by atoms with Crippen molar-refractivity contribution in [3.63, 3.8) is 0 Å². The maximum Gasteiger partial charge on any atom is 0.586 e. The smallest absolute Gasteiger partial charge is 0.483 e. The van der Waals surface area contributed by atoms with Gasteiger partial charge in [0.15, 0.2) is 34.5 Å². The Bertz CT molecular complexity index is 2470. The van der Waals surface area contributed by atoms with E-state index in [2.05, 4.69) is 14.2 Å². The molecule has 16 heteroatoms. The molecule has 3 heterocycles. The summed E-state index contributed by atoms with van der Waals surface area (Å²) in [6.45, 7) is 15.5. The van der Waals surface area contributed by atoms with Crippen LogP contribution in [0.2, 0.25) is 0 Å². The molecule has 7 nitrogen and oxygen atoms in total. The quantitative estimate of drug-likeness (QED) is 0.152. The third kappa shape index (κ3) is 17.7. The van der Waals surface area contributed by atoms with Crippen LogP contribution in [-0.4, -0.2) is 31.7 Å². The summed E-state index contributed by atoms with van der Waals surface area (Å²) in [5, 5.41) is 0. The van der Waals surface area contributed by atoms with Gasteiger partial charge in [0.25, 0.3) is 0 Å². The van der Waals surface area contributed by atoms with E-state index in [9.17, 15) is 39.5 Å². The highest BCUT2D eigenvalue weighted by Crippen LogP contribution is 2.41. The maximum absolute atomic E-state index is 12.4. The lowest BCUT2D eigenvalue weighted by Gasteiger charge is -2.29. The molecule has 9 rings (SSSR count). The molecular formula is C50H49F9O7. The first-order chi connectivity index (χ1) is 30.9. The van der Waals surface area contributed by atoms with E-state index in [1.165, 1.54) is 59.7 Å². The Morgan fingerprint density at radius 2 is 0.939 bits per heavy atom. The monoisotopic (exact) mass is 932 g/mol. The molecule has 0 N–H and O–H groups in total. The predicted octanol–water partition coefficient (Wildman–Crippen LogP) is 14.6. The lowest BCUT2D eigenvalue weighted by molar-refractivity contribution is -0.286. The van der Waals surface area contributed by atoms with Crippen LogP contribution in [0.4, 0.5) is 39.5 Å². The standard InChI is InChI=1S/C11H14O2.C8H7F3O.C8H7F3.C8H6F2O2.C8H8O2.C7H7F/c1-7-4-5-10-11(6-7)13-9(3)8(2)12-10;1-6-3-2-4-7(5-6)12-8(9,10)11;1-6-3-2-4-7(5-6)8(9,10)11;1-5-2-3-6-7(4-5)12-8(9,10)11-6;1-6-2-3-7-8(4-6)10-5-9-7;1-6-3-2-4-7(8)5-6/h4-6,8-9H,1-3H3;2-5H,1H3;2-5H,1H3;2-4H,1H3;2-4H,5H2,1H3;2-5H,1H3.